The zero-order chi connectivity index (χ0) is 15.4. The van der Waals surface area contributed by atoms with Gasteiger partial charge in [-0.25, -0.2) is 0 Å². The van der Waals surface area contributed by atoms with E-state index in [2.05, 4.69) is 20.8 Å². The first kappa shape index (κ1) is 14.1. The number of halogens is 1. The van der Waals surface area contributed by atoms with E-state index in [-0.39, 0.29) is 11.7 Å². The highest BCUT2D eigenvalue weighted by atomic mass is 35.5. The summed E-state index contributed by atoms with van der Waals surface area (Å²) in [7, 11) is 0. The fraction of sp³-hybridized carbons (Fsp3) is 0. The first-order chi connectivity index (χ1) is 10.7. The number of nitrogens with one attached hydrogen (secondary N) is 2. The van der Waals surface area contributed by atoms with Gasteiger partial charge in [0.05, 0.1) is 6.26 Å². The molecule has 0 saturated heterocycles. The Balaban J connectivity index is 1.65. The number of amides is 1. The van der Waals surface area contributed by atoms with Crippen LogP contribution in [0.25, 0.3) is 0 Å². The van der Waals surface area contributed by atoms with Crippen molar-refractivity contribution in [3.05, 3.63) is 65.6 Å². The summed E-state index contributed by atoms with van der Waals surface area (Å²) in [6, 6.07) is 13.8. The van der Waals surface area contributed by atoms with Gasteiger partial charge >= 0.3 is 0 Å². The van der Waals surface area contributed by atoms with Crippen molar-refractivity contribution in [2.45, 2.75) is 0 Å². The van der Waals surface area contributed by atoms with Crippen LogP contribution in [0.1, 0.15) is 10.6 Å². The van der Waals surface area contributed by atoms with Crippen molar-refractivity contribution < 1.29 is 9.21 Å². The molecule has 0 unspecified atom stereocenters. The minimum atomic E-state index is -0.377. The zero-order valence-electron chi connectivity index (χ0n) is 11.3. The number of anilines is 3. The van der Waals surface area contributed by atoms with E-state index >= 15 is 0 Å². The summed E-state index contributed by atoms with van der Waals surface area (Å²) < 4.78 is 5.00. The Morgan fingerprint density at radius 3 is 2.36 bits per heavy atom. The van der Waals surface area contributed by atoms with E-state index in [0.717, 1.165) is 5.69 Å². The third kappa shape index (κ3) is 3.42. The fourth-order valence-corrected chi connectivity index (χ4v) is 1.86. The fourth-order valence-electron chi connectivity index (χ4n) is 1.73. The first-order valence-corrected chi connectivity index (χ1v) is 6.80. The molecule has 3 rings (SSSR count). The topological polar surface area (TPSA) is 80.0 Å². The quantitative estimate of drug-likeness (QED) is 0.767. The largest absolute Gasteiger partial charge is 0.459 e. The van der Waals surface area contributed by atoms with Gasteiger partial charge in [-0.2, -0.15) is 0 Å². The molecule has 22 heavy (non-hydrogen) atoms. The van der Waals surface area contributed by atoms with Gasteiger partial charge in [0.15, 0.2) is 17.4 Å². The molecule has 2 N–H and O–H groups in total. The zero-order valence-corrected chi connectivity index (χ0v) is 12.0. The third-order valence-corrected chi connectivity index (χ3v) is 3.02. The Bertz CT molecular complexity index is 755. The van der Waals surface area contributed by atoms with Crippen LogP contribution < -0.4 is 10.6 Å². The number of benzene rings is 1. The summed E-state index contributed by atoms with van der Waals surface area (Å²) in [6.07, 6.45) is 1.43. The van der Waals surface area contributed by atoms with Crippen LogP contribution in [-0.2, 0) is 0 Å². The highest BCUT2D eigenvalue weighted by Gasteiger charge is 2.09. The Kier molecular flexibility index (Phi) is 4.02. The van der Waals surface area contributed by atoms with Crippen LogP contribution in [0.3, 0.4) is 0 Å². The van der Waals surface area contributed by atoms with Crippen molar-refractivity contribution in [2.24, 2.45) is 0 Å². The summed E-state index contributed by atoms with van der Waals surface area (Å²) in [5, 5.41) is 14.2. The highest BCUT2D eigenvalue weighted by molar-refractivity contribution is 6.30. The van der Waals surface area contributed by atoms with Crippen molar-refractivity contribution in [3.63, 3.8) is 0 Å². The Morgan fingerprint density at radius 2 is 1.73 bits per heavy atom. The lowest BCUT2D eigenvalue weighted by Crippen LogP contribution is -2.12. The lowest BCUT2D eigenvalue weighted by Gasteiger charge is -2.06. The molecule has 0 aliphatic carbocycles. The van der Waals surface area contributed by atoms with Gasteiger partial charge in [0.25, 0.3) is 5.91 Å². The molecule has 0 saturated carbocycles. The van der Waals surface area contributed by atoms with Crippen LogP contribution in [0.5, 0.6) is 0 Å². The predicted molar refractivity (Wildman–Crippen MR) is 83.4 cm³/mol. The standard InChI is InChI=1S/C15H11ClN4O2/c16-10-3-5-11(6-4-10)17-13-7-8-14(20-19-13)18-15(21)12-2-1-9-22-12/h1-9H,(H,17,19)(H,18,20,21). The average molecular weight is 315 g/mol. The van der Waals surface area contributed by atoms with Gasteiger partial charge in [-0.1, -0.05) is 11.6 Å². The van der Waals surface area contributed by atoms with Gasteiger partial charge in [-0.05, 0) is 48.5 Å². The monoisotopic (exact) mass is 314 g/mol. The minimum Gasteiger partial charge on any atom is -0.459 e. The van der Waals surface area contributed by atoms with Crippen molar-refractivity contribution >= 4 is 34.8 Å². The Morgan fingerprint density at radius 1 is 1.00 bits per heavy atom. The molecule has 2 heterocycles. The van der Waals surface area contributed by atoms with E-state index in [1.807, 2.05) is 12.1 Å². The molecule has 2 aromatic heterocycles. The Hall–Kier alpha value is -2.86. The maximum Gasteiger partial charge on any atom is 0.292 e. The molecular formula is C15H11ClN4O2. The molecule has 0 radical (unpaired) electrons. The molecule has 0 aliphatic heterocycles. The van der Waals surface area contributed by atoms with Crippen LogP contribution in [-0.4, -0.2) is 16.1 Å². The van der Waals surface area contributed by atoms with Crippen LogP contribution in [0.4, 0.5) is 17.3 Å². The highest BCUT2D eigenvalue weighted by Crippen LogP contribution is 2.17. The van der Waals surface area contributed by atoms with E-state index in [1.165, 1.54) is 6.26 Å². The first-order valence-electron chi connectivity index (χ1n) is 6.42. The van der Waals surface area contributed by atoms with Crippen LogP contribution in [0.15, 0.2) is 59.2 Å². The summed E-state index contributed by atoms with van der Waals surface area (Å²) in [5.74, 6) is 0.726. The van der Waals surface area contributed by atoms with E-state index in [9.17, 15) is 4.79 Å². The SMILES string of the molecule is O=C(Nc1ccc(Nc2ccc(Cl)cc2)nn1)c1ccco1. The number of furan rings is 1. The molecule has 3 aromatic rings. The van der Waals surface area contributed by atoms with E-state index in [4.69, 9.17) is 16.0 Å². The molecule has 0 fully saturated rings. The number of carbonyl (C=O) groups excluding carboxylic acids is 1. The number of rotatable bonds is 4. The summed E-state index contributed by atoms with van der Waals surface area (Å²) in [6.45, 7) is 0. The van der Waals surface area contributed by atoms with E-state index in [1.54, 1.807) is 36.4 Å². The van der Waals surface area contributed by atoms with Crippen molar-refractivity contribution in [1.29, 1.82) is 0 Å². The van der Waals surface area contributed by atoms with Crippen molar-refractivity contribution in [3.8, 4) is 0 Å². The van der Waals surface area contributed by atoms with E-state index < -0.39 is 0 Å². The predicted octanol–water partition coefficient (Wildman–Crippen LogP) is 3.72. The lowest BCUT2D eigenvalue weighted by atomic mass is 10.3. The Labute approximate surface area is 131 Å². The van der Waals surface area contributed by atoms with Gasteiger partial charge in [0.1, 0.15) is 0 Å². The maximum atomic E-state index is 11.8. The van der Waals surface area contributed by atoms with Crippen LogP contribution in [0.2, 0.25) is 5.02 Å². The summed E-state index contributed by atoms with van der Waals surface area (Å²) >= 11 is 5.82. The molecule has 0 bridgehead atoms. The molecule has 110 valence electrons. The lowest BCUT2D eigenvalue weighted by molar-refractivity contribution is 0.0996. The normalized spacial score (nSPS) is 10.2. The maximum absolute atomic E-state index is 11.8. The smallest absolute Gasteiger partial charge is 0.292 e. The molecule has 1 aromatic carbocycles. The van der Waals surface area contributed by atoms with Gasteiger partial charge in [-0.15, -0.1) is 10.2 Å². The minimum absolute atomic E-state index is 0.213. The summed E-state index contributed by atoms with van der Waals surface area (Å²) in [5.41, 5.74) is 0.839. The number of carbonyl (C=O) groups is 1. The summed E-state index contributed by atoms with van der Waals surface area (Å²) in [4.78, 5) is 11.8. The van der Waals surface area contributed by atoms with Gasteiger partial charge in [0, 0.05) is 10.7 Å². The molecule has 0 atom stereocenters. The molecular weight excluding hydrogens is 304 g/mol. The number of hydrogen-bond donors (Lipinski definition) is 2. The third-order valence-electron chi connectivity index (χ3n) is 2.77. The molecule has 1 amide bonds. The average Bonchev–Trinajstić information content (AvgIpc) is 3.06. The van der Waals surface area contributed by atoms with Crippen LogP contribution in [0, 0.1) is 0 Å². The molecule has 6 nitrogen and oxygen atoms in total. The van der Waals surface area contributed by atoms with Gasteiger partial charge < -0.3 is 15.1 Å². The number of nitrogens with zero attached hydrogens (tertiary/aromatic N) is 2. The molecule has 0 aliphatic rings. The van der Waals surface area contributed by atoms with Crippen LogP contribution >= 0.6 is 11.6 Å². The van der Waals surface area contributed by atoms with Crippen molar-refractivity contribution in [1.82, 2.24) is 10.2 Å². The molecule has 0 spiro atoms. The second-order valence-electron chi connectivity index (χ2n) is 4.37. The number of aromatic nitrogens is 2. The second-order valence-corrected chi connectivity index (χ2v) is 4.80. The molecule has 7 heteroatoms. The van der Waals surface area contributed by atoms with Gasteiger partial charge in [-0.3, -0.25) is 4.79 Å². The van der Waals surface area contributed by atoms with Gasteiger partial charge in [0.2, 0.25) is 0 Å². The number of hydrogen-bond acceptors (Lipinski definition) is 5. The second kappa shape index (κ2) is 6.28. The van der Waals surface area contributed by atoms with Crippen molar-refractivity contribution in [2.75, 3.05) is 10.6 Å². The van der Waals surface area contributed by atoms with E-state index in [0.29, 0.717) is 16.7 Å².